The van der Waals surface area contributed by atoms with Crippen LogP contribution in [0.1, 0.15) is 45.8 Å². The Morgan fingerprint density at radius 3 is 2.36 bits per heavy atom. The predicted molar refractivity (Wildman–Crippen MR) is 97.9 cm³/mol. The van der Waals surface area contributed by atoms with E-state index in [0.717, 1.165) is 17.0 Å². The van der Waals surface area contributed by atoms with Gasteiger partial charge < -0.3 is 5.32 Å². The molecule has 2 heterocycles. The number of hydrogen-bond acceptors (Lipinski definition) is 3. The first kappa shape index (κ1) is 16.9. The van der Waals surface area contributed by atoms with E-state index in [1.54, 1.807) is 16.9 Å². The molecule has 5 nitrogen and oxygen atoms in total. The summed E-state index contributed by atoms with van der Waals surface area (Å²) in [6.45, 7) is 7.94. The molecule has 5 heteroatoms. The van der Waals surface area contributed by atoms with Gasteiger partial charge in [-0.05, 0) is 51.5 Å². The van der Waals surface area contributed by atoms with Crippen LogP contribution >= 0.6 is 0 Å². The van der Waals surface area contributed by atoms with Gasteiger partial charge in [0.05, 0.1) is 17.3 Å². The van der Waals surface area contributed by atoms with E-state index >= 15 is 0 Å². The first-order chi connectivity index (χ1) is 11.9. The fourth-order valence-corrected chi connectivity index (χ4v) is 2.72. The number of aryl methyl sites for hydroxylation is 3. The van der Waals surface area contributed by atoms with E-state index in [-0.39, 0.29) is 11.9 Å². The van der Waals surface area contributed by atoms with Crippen LogP contribution in [0.25, 0.3) is 5.82 Å². The van der Waals surface area contributed by atoms with Crippen molar-refractivity contribution in [2.24, 2.45) is 0 Å². The Morgan fingerprint density at radius 2 is 1.80 bits per heavy atom. The molecule has 0 saturated carbocycles. The SMILES string of the molecule is Cc1ccc(C(C)NC(=O)c2ccc(-n3nc(C)cc3C)nc2)cc1. The molecule has 2 aromatic heterocycles. The highest BCUT2D eigenvalue weighted by Gasteiger charge is 2.12. The highest BCUT2D eigenvalue weighted by Crippen LogP contribution is 2.15. The van der Waals surface area contributed by atoms with Crippen LogP contribution in [-0.2, 0) is 0 Å². The number of carbonyl (C=O) groups excluding carboxylic acids is 1. The molecule has 3 rings (SSSR count). The summed E-state index contributed by atoms with van der Waals surface area (Å²) in [5.41, 5.74) is 4.75. The zero-order valence-electron chi connectivity index (χ0n) is 14.9. The van der Waals surface area contributed by atoms with Crippen molar-refractivity contribution in [1.29, 1.82) is 0 Å². The van der Waals surface area contributed by atoms with Gasteiger partial charge >= 0.3 is 0 Å². The Labute approximate surface area is 147 Å². The number of aromatic nitrogens is 3. The van der Waals surface area contributed by atoms with Gasteiger partial charge in [0, 0.05) is 11.9 Å². The second-order valence-electron chi connectivity index (χ2n) is 6.35. The lowest BCUT2D eigenvalue weighted by atomic mass is 10.1. The molecule has 0 fully saturated rings. The number of rotatable bonds is 4. The van der Waals surface area contributed by atoms with E-state index in [2.05, 4.69) is 15.4 Å². The molecule has 0 bridgehead atoms. The lowest BCUT2D eigenvalue weighted by Crippen LogP contribution is -2.26. The van der Waals surface area contributed by atoms with Gasteiger partial charge in [-0.3, -0.25) is 4.79 Å². The predicted octanol–water partition coefficient (Wildman–Crippen LogP) is 3.68. The van der Waals surface area contributed by atoms with Crippen molar-refractivity contribution in [3.8, 4) is 5.82 Å². The van der Waals surface area contributed by atoms with Gasteiger partial charge in [-0.1, -0.05) is 29.8 Å². The van der Waals surface area contributed by atoms with Crippen LogP contribution in [0.4, 0.5) is 0 Å². The molecule has 1 unspecified atom stereocenters. The Balaban J connectivity index is 1.72. The molecule has 0 aliphatic heterocycles. The van der Waals surface area contributed by atoms with E-state index in [9.17, 15) is 4.79 Å². The summed E-state index contributed by atoms with van der Waals surface area (Å²) in [7, 11) is 0. The second kappa shape index (κ2) is 6.89. The summed E-state index contributed by atoms with van der Waals surface area (Å²) in [4.78, 5) is 16.8. The van der Waals surface area contributed by atoms with Crippen LogP contribution < -0.4 is 5.32 Å². The van der Waals surface area contributed by atoms with Gasteiger partial charge in [0.25, 0.3) is 5.91 Å². The average Bonchev–Trinajstić information content (AvgIpc) is 2.94. The highest BCUT2D eigenvalue weighted by molar-refractivity contribution is 5.94. The highest BCUT2D eigenvalue weighted by atomic mass is 16.1. The van der Waals surface area contributed by atoms with Crippen molar-refractivity contribution < 1.29 is 4.79 Å². The maximum Gasteiger partial charge on any atom is 0.253 e. The fourth-order valence-electron chi connectivity index (χ4n) is 2.72. The van der Waals surface area contributed by atoms with Crippen LogP contribution in [0.3, 0.4) is 0 Å². The van der Waals surface area contributed by atoms with Gasteiger partial charge in [0.1, 0.15) is 0 Å². The van der Waals surface area contributed by atoms with Gasteiger partial charge in [-0.15, -0.1) is 0 Å². The minimum absolute atomic E-state index is 0.0659. The van der Waals surface area contributed by atoms with Crippen molar-refractivity contribution >= 4 is 5.91 Å². The summed E-state index contributed by atoms with van der Waals surface area (Å²) in [5, 5.41) is 7.41. The number of carbonyl (C=O) groups is 1. The van der Waals surface area contributed by atoms with E-state index in [4.69, 9.17) is 0 Å². The number of benzene rings is 1. The molecular weight excluding hydrogens is 312 g/mol. The second-order valence-corrected chi connectivity index (χ2v) is 6.35. The van der Waals surface area contributed by atoms with Crippen LogP contribution in [-0.4, -0.2) is 20.7 Å². The maximum atomic E-state index is 12.4. The minimum Gasteiger partial charge on any atom is -0.345 e. The van der Waals surface area contributed by atoms with Crippen molar-refractivity contribution in [2.45, 2.75) is 33.7 Å². The molecular formula is C20H22N4O. The van der Waals surface area contributed by atoms with Crippen LogP contribution in [0.15, 0.2) is 48.7 Å². The standard InChI is InChI=1S/C20H22N4O/c1-13-5-7-17(8-6-13)16(4)22-20(25)18-9-10-19(21-12-18)24-15(3)11-14(2)23-24/h5-12,16H,1-4H3,(H,22,25). The molecule has 128 valence electrons. The van der Waals surface area contributed by atoms with Crippen molar-refractivity contribution in [1.82, 2.24) is 20.1 Å². The quantitative estimate of drug-likeness (QED) is 0.792. The molecule has 1 atom stereocenters. The van der Waals surface area contributed by atoms with Crippen molar-refractivity contribution in [3.63, 3.8) is 0 Å². The normalized spacial score (nSPS) is 12.0. The fraction of sp³-hybridized carbons (Fsp3) is 0.250. The maximum absolute atomic E-state index is 12.4. The Morgan fingerprint density at radius 1 is 1.08 bits per heavy atom. The summed E-state index contributed by atoms with van der Waals surface area (Å²) >= 11 is 0. The van der Waals surface area contributed by atoms with Gasteiger partial charge in [0.15, 0.2) is 5.82 Å². The number of nitrogens with zero attached hydrogens (tertiary/aromatic N) is 3. The topological polar surface area (TPSA) is 59.8 Å². The van der Waals surface area contributed by atoms with Gasteiger partial charge in [0.2, 0.25) is 0 Å². The monoisotopic (exact) mass is 334 g/mol. The molecule has 0 aliphatic carbocycles. The average molecular weight is 334 g/mol. The number of nitrogens with one attached hydrogen (secondary N) is 1. The van der Waals surface area contributed by atoms with Crippen LogP contribution in [0.5, 0.6) is 0 Å². The van der Waals surface area contributed by atoms with Crippen LogP contribution in [0, 0.1) is 20.8 Å². The Kier molecular flexibility index (Phi) is 4.65. The Bertz CT molecular complexity index is 879. The largest absolute Gasteiger partial charge is 0.345 e. The lowest BCUT2D eigenvalue weighted by molar-refractivity contribution is 0.0939. The third kappa shape index (κ3) is 3.76. The Hall–Kier alpha value is -2.95. The molecule has 0 saturated heterocycles. The van der Waals surface area contributed by atoms with Gasteiger partial charge in [-0.25, -0.2) is 9.67 Å². The zero-order valence-corrected chi connectivity index (χ0v) is 14.9. The van der Waals surface area contributed by atoms with Gasteiger partial charge in [-0.2, -0.15) is 5.10 Å². The van der Waals surface area contributed by atoms with Crippen molar-refractivity contribution in [3.05, 3.63) is 76.7 Å². The lowest BCUT2D eigenvalue weighted by Gasteiger charge is -2.14. The molecule has 1 amide bonds. The van der Waals surface area contributed by atoms with Crippen LogP contribution in [0.2, 0.25) is 0 Å². The number of pyridine rings is 1. The van der Waals surface area contributed by atoms with E-state index in [1.807, 2.05) is 64.1 Å². The number of hydrogen-bond donors (Lipinski definition) is 1. The first-order valence-corrected chi connectivity index (χ1v) is 8.31. The molecule has 1 N–H and O–H groups in total. The summed E-state index contributed by atoms with van der Waals surface area (Å²) in [6, 6.07) is 13.7. The van der Waals surface area contributed by atoms with E-state index in [0.29, 0.717) is 11.4 Å². The minimum atomic E-state index is -0.138. The first-order valence-electron chi connectivity index (χ1n) is 8.31. The molecule has 0 spiro atoms. The third-order valence-electron chi connectivity index (χ3n) is 4.16. The van der Waals surface area contributed by atoms with Crippen molar-refractivity contribution in [2.75, 3.05) is 0 Å². The summed E-state index contributed by atoms with van der Waals surface area (Å²) < 4.78 is 1.77. The molecule has 1 aromatic carbocycles. The molecule has 0 aliphatic rings. The van der Waals surface area contributed by atoms with E-state index < -0.39 is 0 Å². The van der Waals surface area contributed by atoms with E-state index in [1.165, 1.54) is 5.56 Å². The number of amides is 1. The summed E-state index contributed by atoms with van der Waals surface area (Å²) in [6.07, 6.45) is 1.59. The molecule has 0 radical (unpaired) electrons. The summed E-state index contributed by atoms with van der Waals surface area (Å²) in [5.74, 6) is 0.564. The molecule has 25 heavy (non-hydrogen) atoms. The zero-order chi connectivity index (χ0) is 18.0. The smallest absolute Gasteiger partial charge is 0.253 e. The molecule has 3 aromatic rings. The third-order valence-corrected chi connectivity index (χ3v) is 4.16.